The molecule has 1 aliphatic rings. The van der Waals surface area contributed by atoms with E-state index in [0.29, 0.717) is 6.04 Å². The van der Waals surface area contributed by atoms with E-state index in [2.05, 4.69) is 55.3 Å². The van der Waals surface area contributed by atoms with Gasteiger partial charge in [-0.25, -0.2) is 0 Å². The van der Waals surface area contributed by atoms with Crippen molar-refractivity contribution in [2.24, 2.45) is 0 Å². The molecule has 1 heterocycles. The lowest BCUT2D eigenvalue weighted by Crippen LogP contribution is -2.48. The Morgan fingerprint density at radius 1 is 1.28 bits per heavy atom. The number of nitrogens with one attached hydrogen (secondary N) is 1. The summed E-state index contributed by atoms with van der Waals surface area (Å²) >= 11 is 0. The van der Waals surface area contributed by atoms with Crippen molar-refractivity contribution >= 4 is 5.69 Å². The molecular formula is C15H24N2O. The summed E-state index contributed by atoms with van der Waals surface area (Å²) in [6.07, 6.45) is 0. The zero-order chi connectivity index (χ0) is 13.2. The lowest BCUT2D eigenvalue weighted by atomic mass is 10.0. The molecule has 3 heteroatoms. The molecular weight excluding hydrogens is 224 g/mol. The van der Waals surface area contributed by atoms with Crippen LogP contribution in [0.5, 0.6) is 0 Å². The van der Waals surface area contributed by atoms with E-state index in [1.165, 1.54) is 11.3 Å². The number of ether oxygens (including phenoxy) is 1. The lowest BCUT2D eigenvalue weighted by Gasteiger charge is -2.39. The van der Waals surface area contributed by atoms with Crippen molar-refractivity contribution in [3.05, 3.63) is 29.8 Å². The molecule has 1 aromatic rings. The second-order valence-corrected chi connectivity index (χ2v) is 5.63. The van der Waals surface area contributed by atoms with Gasteiger partial charge in [-0.3, -0.25) is 0 Å². The standard InChI is InChI=1S/C15H24N2O/c1-12(16-4)13-5-7-14(8-6-13)17-9-10-18-15(2,3)11-17/h5-8,12,16H,9-11H2,1-4H3. The molecule has 1 aromatic carbocycles. The van der Waals surface area contributed by atoms with E-state index in [1.54, 1.807) is 0 Å². The number of benzene rings is 1. The van der Waals surface area contributed by atoms with E-state index in [4.69, 9.17) is 4.74 Å². The summed E-state index contributed by atoms with van der Waals surface area (Å²) in [5.74, 6) is 0. The quantitative estimate of drug-likeness (QED) is 0.890. The second-order valence-electron chi connectivity index (χ2n) is 5.63. The van der Waals surface area contributed by atoms with Crippen LogP contribution in [0.25, 0.3) is 0 Å². The largest absolute Gasteiger partial charge is 0.372 e. The molecule has 0 bridgehead atoms. The number of rotatable bonds is 3. The molecule has 100 valence electrons. The number of nitrogens with zero attached hydrogens (tertiary/aromatic N) is 1. The maximum Gasteiger partial charge on any atom is 0.0801 e. The Hall–Kier alpha value is -1.06. The number of anilines is 1. The highest BCUT2D eigenvalue weighted by molar-refractivity contribution is 5.48. The van der Waals surface area contributed by atoms with Gasteiger partial charge >= 0.3 is 0 Å². The van der Waals surface area contributed by atoms with Gasteiger partial charge in [-0.15, -0.1) is 0 Å². The van der Waals surface area contributed by atoms with Gasteiger partial charge in [-0.1, -0.05) is 12.1 Å². The number of morpholine rings is 1. The van der Waals surface area contributed by atoms with Crippen molar-refractivity contribution < 1.29 is 4.74 Å². The van der Waals surface area contributed by atoms with Crippen LogP contribution in [-0.2, 0) is 4.74 Å². The molecule has 0 spiro atoms. The summed E-state index contributed by atoms with van der Waals surface area (Å²) in [6, 6.07) is 9.24. The molecule has 18 heavy (non-hydrogen) atoms. The van der Waals surface area contributed by atoms with Gasteiger partial charge < -0.3 is 15.0 Å². The second kappa shape index (κ2) is 5.29. The SMILES string of the molecule is CNC(C)c1ccc(N2CCOC(C)(C)C2)cc1. The summed E-state index contributed by atoms with van der Waals surface area (Å²) in [4.78, 5) is 2.40. The molecule has 1 unspecified atom stereocenters. The first kappa shape index (κ1) is 13.4. The first-order valence-electron chi connectivity index (χ1n) is 6.68. The van der Waals surface area contributed by atoms with E-state index >= 15 is 0 Å². The van der Waals surface area contributed by atoms with Gasteiger partial charge in [0.1, 0.15) is 0 Å². The zero-order valence-electron chi connectivity index (χ0n) is 11.9. The Balaban J connectivity index is 2.09. The highest BCUT2D eigenvalue weighted by atomic mass is 16.5. The van der Waals surface area contributed by atoms with Crippen molar-refractivity contribution in [1.82, 2.24) is 5.32 Å². The molecule has 3 nitrogen and oxygen atoms in total. The predicted molar refractivity (Wildman–Crippen MR) is 76.2 cm³/mol. The molecule has 1 saturated heterocycles. The maximum atomic E-state index is 5.74. The molecule has 2 rings (SSSR count). The number of hydrogen-bond acceptors (Lipinski definition) is 3. The van der Waals surface area contributed by atoms with Crippen LogP contribution in [-0.4, -0.2) is 32.3 Å². The topological polar surface area (TPSA) is 24.5 Å². The summed E-state index contributed by atoms with van der Waals surface area (Å²) in [5.41, 5.74) is 2.57. The molecule has 0 aliphatic carbocycles. The van der Waals surface area contributed by atoms with Crippen LogP contribution in [0.15, 0.2) is 24.3 Å². The third-order valence-corrected chi connectivity index (χ3v) is 3.62. The van der Waals surface area contributed by atoms with E-state index < -0.39 is 0 Å². The Bertz CT molecular complexity index is 386. The van der Waals surface area contributed by atoms with Gasteiger partial charge in [0.15, 0.2) is 0 Å². The summed E-state index contributed by atoms with van der Waals surface area (Å²) in [5, 5.41) is 3.26. The zero-order valence-corrected chi connectivity index (χ0v) is 11.9. The summed E-state index contributed by atoms with van der Waals surface area (Å²) < 4.78 is 5.74. The molecule has 0 aromatic heterocycles. The normalized spacial score (nSPS) is 20.8. The Morgan fingerprint density at radius 3 is 2.50 bits per heavy atom. The fourth-order valence-electron chi connectivity index (χ4n) is 2.38. The van der Waals surface area contributed by atoms with Gasteiger partial charge in [0, 0.05) is 24.8 Å². The highest BCUT2D eigenvalue weighted by Crippen LogP contribution is 2.24. The van der Waals surface area contributed by atoms with Crippen LogP contribution in [0.3, 0.4) is 0 Å². The molecule has 0 radical (unpaired) electrons. The predicted octanol–water partition coefficient (Wildman–Crippen LogP) is 2.58. The van der Waals surface area contributed by atoms with Gasteiger partial charge in [-0.2, -0.15) is 0 Å². The van der Waals surface area contributed by atoms with Crippen molar-refractivity contribution in [3.8, 4) is 0 Å². The van der Waals surface area contributed by atoms with E-state index in [0.717, 1.165) is 19.7 Å². The third kappa shape index (κ3) is 3.03. The van der Waals surface area contributed by atoms with Crippen molar-refractivity contribution in [2.75, 3.05) is 31.6 Å². The van der Waals surface area contributed by atoms with Gasteiger partial charge in [0.25, 0.3) is 0 Å². The van der Waals surface area contributed by atoms with Crippen LogP contribution in [0, 0.1) is 0 Å². The molecule has 1 N–H and O–H groups in total. The minimum Gasteiger partial charge on any atom is -0.372 e. The molecule has 0 saturated carbocycles. The summed E-state index contributed by atoms with van der Waals surface area (Å²) in [7, 11) is 1.99. The highest BCUT2D eigenvalue weighted by Gasteiger charge is 2.27. The first-order valence-corrected chi connectivity index (χ1v) is 6.68. The Labute approximate surface area is 110 Å². The first-order chi connectivity index (χ1) is 8.52. The molecule has 1 aliphatic heterocycles. The van der Waals surface area contributed by atoms with E-state index in [9.17, 15) is 0 Å². The van der Waals surface area contributed by atoms with E-state index in [1.807, 2.05) is 7.05 Å². The van der Waals surface area contributed by atoms with Gasteiger partial charge in [0.2, 0.25) is 0 Å². The van der Waals surface area contributed by atoms with E-state index in [-0.39, 0.29) is 5.60 Å². The average Bonchev–Trinajstić information content (AvgIpc) is 2.37. The van der Waals surface area contributed by atoms with Crippen LogP contribution < -0.4 is 10.2 Å². The monoisotopic (exact) mass is 248 g/mol. The minimum atomic E-state index is -0.0464. The van der Waals surface area contributed by atoms with Gasteiger partial charge in [0.05, 0.1) is 12.2 Å². The van der Waals surface area contributed by atoms with Crippen LogP contribution >= 0.6 is 0 Å². The Kier molecular flexibility index (Phi) is 3.93. The molecule has 1 fully saturated rings. The van der Waals surface area contributed by atoms with Crippen molar-refractivity contribution in [1.29, 1.82) is 0 Å². The average molecular weight is 248 g/mol. The van der Waals surface area contributed by atoms with Crippen molar-refractivity contribution in [3.63, 3.8) is 0 Å². The fourth-order valence-corrected chi connectivity index (χ4v) is 2.38. The molecule has 0 amide bonds. The summed E-state index contributed by atoms with van der Waals surface area (Å²) in [6.45, 7) is 9.21. The van der Waals surface area contributed by atoms with Crippen LogP contribution in [0.2, 0.25) is 0 Å². The fraction of sp³-hybridized carbons (Fsp3) is 0.600. The van der Waals surface area contributed by atoms with Gasteiger partial charge in [-0.05, 0) is 45.5 Å². The van der Waals surface area contributed by atoms with Crippen LogP contribution in [0.4, 0.5) is 5.69 Å². The smallest absolute Gasteiger partial charge is 0.0801 e. The third-order valence-electron chi connectivity index (χ3n) is 3.62. The maximum absolute atomic E-state index is 5.74. The minimum absolute atomic E-state index is 0.0464. The number of hydrogen-bond donors (Lipinski definition) is 1. The molecule has 1 atom stereocenters. The Morgan fingerprint density at radius 2 is 1.94 bits per heavy atom. The van der Waals surface area contributed by atoms with Crippen LogP contribution in [0.1, 0.15) is 32.4 Å². The lowest BCUT2D eigenvalue weighted by molar-refractivity contribution is -0.0276. The van der Waals surface area contributed by atoms with Crippen molar-refractivity contribution in [2.45, 2.75) is 32.4 Å².